The number of para-hydroxylation sites is 1. The van der Waals surface area contributed by atoms with Gasteiger partial charge in [0.15, 0.2) is 5.13 Å². The summed E-state index contributed by atoms with van der Waals surface area (Å²) in [5.41, 5.74) is 1.91. The molecule has 1 heterocycles. The normalized spacial score (nSPS) is 11.3. The monoisotopic (exact) mass is 484 g/mol. The van der Waals surface area contributed by atoms with E-state index in [0.717, 1.165) is 4.90 Å². The van der Waals surface area contributed by atoms with Crippen molar-refractivity contribution in [3.63, 3.8) is 0 Å². The molecule has 0 saturated carbocycles. The zero-order chi connectivity index (χ0) is 23.6. The number of carbonyl (C=O) groups is 3. The van der Waals surface area contributed by atoms with E-state index < -0.39 is 0 Å². The fourth-order valence-corrected chi connectivity index (χ4v) is 4.28. The van der Waals surface area contributed by atoms with Crippen LogP contribution in [0.1, 0.15) is 19.5 Å². The van der Waals surface area contributed by atoms with Gasteiger partial charge in [-0.15, -0.1) is 23.1 Å². The van der Waals surface area contributed by atoms with Crippen LogP contribution < -0.4 is 16.0 Å². The molecular weight excluding hydrogens is 460 g/mol. The van der Waals surface area contributed by atoms with Gasteiger partial charge in [0.25, 0.3) is 0 Å². The molecule has 0 aliphatic carbocycles. The Morgan fingerprint density at radius 1 is 1.00 bits per heavy atom. The van der Waals surface area contributed by atoms with Gasteiger partial charge in [-0.2, -0.15) is 0 Å². The summed E-state index contributed by atoms with van der Waals surface area (Å²) in [6.45, 7) is 3.86. The molecule has 8 nitrogen and oxygen atoms in total. The minimum Gasteiger partial charge on any atom is -0.466 e. The van der Waals surface area contributed by atoms with E-state index in [1.807, 2.05) is 30.3 Å². The molecule has 3 rings (SSSR count). The lowest BCUT2D eigenvalue weighted by Crippen LogP contribution is -2.22. The molecular formula is C23H24N4O4S2. The highest BCUT2D eigenvalue weighted by molar-refractivity contribution is 8.00. The Kier molecular flexibility index (Phi) is 8.85. The highest BCUT2D eigenvalue weighted by Gasteiger charge is 2.17. The van der Waals surface area contributed by atoms with Crippen molar-refractivity contribution in [1.82, 2.24) is 4.98 Å². The van der Waals surface area contributed by atoms with Crippen LogP contribution in [0.15, 0.2) is 64.9 Å². The van der Waals surface area contributed by atoms with Crippen LogP contribution in [-0.4, -0.2) is 34.7 Å². The molecule has 3 N–H and O–H groups in total. The molecule has 0 fully saturated rings. The molecule has 10 heteroatoms. The molecule has 0 aliphatic heterocycles. The topological polar surface area (TPSA) is 109 Å². The molecule has 0 aliphatic rings. The first-order valence-corrected chi connectivity index (χ1v) is 12.0. The van der Waals surface area contributed by atoms with Gasteiger partial charge in [-0.05, 0) is 50.2 Å². The van der Waals surface area contributed by atoms with Gasteiger partial charge < -0.3 is 20.7 Å². The second kappa shape index (κ2) is 12.0. The van der Waals surface area contributed by atoms with Crippen LogP contribution in [0, 0.1) is 0 Å². The first kappa shape index (κ1) is 24.3. The van der Waals surface area contributed by atoms with E-state index in [9.17, 15) is 14.4 Å². The molecule has 1 unspecified atom stereocenters. The number of hydrogen-bond donors (Lipinski definition) is 3. The molecule has 1 aromatic heterocycles. The Bertz CT molecular complexity index is 1090. The predicted molar refractivity (Wildman–Crippen MR) is 132 cm³/mol. The maximum atomic E-state index is 12.5. The first-order valence-electron chi connectivity index (χ1n) is 10.2. The van der Waals surface area contributed by atoms with Gasteiger partial charge in [0, 0.05) is 21.7 Å². The number of amides is 3. The summed E-state index contributed by atoms with van der Waals surface area (Å²) >= 11 is 2.65. The van der Waals surface area contributed by atoms with Crippen LogP contribution >= 0.6 is 23.1 Å². The molecule has 0 bridgehead atoms. The van der Waals surface area contributed by atoms with Crippen molar-refractivity contribution < 1.29 is 19.1 Å². The molecule has 1 atom stereocenters. The number of ether oxygens (including phenoxy) is 1. The minimum atomic E-state index is -0.373. The Hall–Kier alpha value is -3.37. The largest absolute Gasteiger partial charge is 0.466 e. The predicted octanol–water partition coefficient (Wildman–Crippen LogP) is 5.01. The summed E-state index contributed by atoms with van der Waals surface area (Å²) in [7, 11) is 0. The first-order chi connectivity index (χ1) is 15.9. The third kappa shape index (κ3) is 7.92. The standard InChI is InChI=1S/C23H24N4O4S2/c1-3-31-20(28)13-18-14-32-23(26-18)27-21(29)15(2)33-19-11-9-17(10-12-19)25-22(30)24-16-7-5-4-6-8-16/h4-12,14-15H,3,13H2,1-2H3,(H2,24,25,30)(H,26,27,29). The second-order valence-electron chi connectivity index (χ2n) is 6.84. The lowest BCUT2D eigenvalue weighted by Gasteiger charge is -2.11. The van der Waals surface area contributed by atoms with Crippen molar-refractivity contribution >= 4 is 57.5 Å². The minimum absolute atomic E-state index is 0.0776. The van der Waals surface area contributed by atoms with Gasteiger partial charge >= 0.3 is 12.0 Å². The summed E-state index contributed by atoms with van der Waals surface area (Å²) in [5, 5.41) is 10.1. The van der Waals surface area contributed by atoms with Crippen molar-refractivity contribution in [2.24, 2.45) is 0 Å². The number of nitrogens with one attached hydrogen (secondary N) is 3. The third-order valence-corrected chi connectivity index (χ3v) is 6.16. The van der Waals surface area contributed by atoms with E-state index in [1.54, 1.807) is 43.5 Å². The van der Waals surface area contributed by atoms with Gasteiger partial charge in [0.05, 0.1) is 24.0 Å². The van der Waals surface area contributed by atoms with Crippen molar-refractivity contribution in [3.05, 3.63) is 65.7 Å². The SMILES string of the molecule is CCOC(=O)Cc1csc(NC(=O)C(C)Sc2ccc(NC(=O)Nc3ccccc3)cc2)n1. The highest BCUT2D eigenvalue weighted by atomic mass is 32.2. The molecule has 0 saturated heterocycles. The highest BCUT2D eigenvalue weighted by Crippen LogP contribution is 2.26. The van der Waals surface area contributed by atoms with E-state index in [2.05, 4.69) is 20.9 Å². The number of thioether (sulfide) groups is 1. The molecule has 2 aromatic carbocycles. The molecule has 0 spiro atoms. The Morgan fingerprint density at radius 2 is 1.67 bits per heavy atom. The van der Waals surface area contributed by atoms with E-state index in [-0.39, 0.29) is 29.6 Å². The maximum absolute atomic E-state index is 12.5. The summed E-state index contributed by atoms with van der Waals surface area (Å²) in [6, 6.07) is 16.1. The fourth-order valence-electron chi connectivity index (χ4n) is 2.70. The number of rotatable bonds is 9. The van der Waals surface area contributed by atoms with E-state index in [0.29, 0.717) is 28.8 Å². The zero-order valence-electron chi connectivity index (χ0n) is 18.2. The summed E-state index contributed by atoms with van der Waals surface area (Å²) in [5.74, 6) is -0.540. The number of hydrogen-bond acceptors (Lipinski definition) is 7. The van der Waals surface area contributed by atoms with E-state index in [4.69, 9.17) is 4.74 Å². The van der Waals surface area contributed by atoms with E-state index >= 15 is 0 Å². The Balaban J connectivity index is 1.47. The van der Waals surface area contributed by atoms with Gasteiger partial charge in [-0.3, -0.25) is 9.59 Å². The third-order valence-electron chi connectivity index (χ3n) is 4.24. The van der Waals surface area contributed by atoms with Gasteiger partial charge in [-0.25, -0.2) is 9.78 Å². The number of aromatic nitrogens is 1. The average molecular weight is 485 g/mol. The number of benzene rings is 2. The van der Waals surface area contributed by atoms with Crippen LogP contribution in [-0.2, 0) is 20.7 Å². The zero-order valence-corrected chi connectivity index (χ0v) is 19.8. The average Bonchev–Trinajstić information content (AvgIpc) is 3.22. The fraction of sp³-hybridized carbons (Fsp3) is 0.217. The number of esters is 1. The second-order valence-corrected chi connectivity index (χ2v) is 9.12. The number of thiazole rings is 1. The van der Waals surface area contributed by atoms with Crippen LogP contribution in [0.25, 0.3) is 0 Å². The maximum Gasteiger partial charge on any atom is 0.323 e. The van der Waals surface area contributed by atoms with Gasteiger partial charge in [0.2, 0.25) is 5.91 Å². The van der Waals surface area contributed by atoms with Crippen LogP contribution in [0.3, 0.4) is 0 Å². The van der Waals surface area contributed by atoms with Crippen molar-refractivity contribution in [3.8, 4) is 0 Å². The number of nitrogens with zero attached hydrogens (tertiary/aromatic N) is 1. The lowest BCUT2D eigenvalue weighted by molar-refractivity contribution is -0.142. The summed E-state index contributed by atoms with van der Waals surface area (Å²) < 4.78 is 4.91. The molecule has 3 aromatic rings. The quantitative estimate of drug-likeness (QED) is 0.291. The molecule has 172 valence electrons. The molecule has 33 heavy (non-hydrogen) atoms. The smallest absolute Gasteiger partial charge is 0.323 e. The number of urea groups is 1. The number of anilines is 3. The van der Waals surface area contributed by atoms with E-state index in [1.165, 1.54) is 23.1 Å². The van der Waals surface area contributed by atoms with Crippen LogP contribution in [0.4, 0.5) is 21.3 Å². The van der Waals surface area contributed by atoms with Crippen LogP contribution in [0.2, 0.25) is 0 Å². The summed E-state index contributed by atoms with van der Waals surface area (Å²) in [6.07, 6.45) is 0.0776. The van der Waals surface area contributed by atoms with Crippen molar-refractivity contribution in [2.75, 3.05) is 22.6 Å². The van der Waals surface area contributed by atoms with Crippen LogP contribution in [0.5, 0.6) is 0 Å². The van der Waals surface area contributed by atoms with Crippen molar-refractivity contribution in [2.45, 2.75) is 30.4 Å². The Labute approximate surface area is 200 Å². The summed E-state index contributed by atoms with van der Waals surface area (Å²) in [4.78, 5) is 41.3. The van der Waals surface area contributed by atoms with Gasteiger partial charge in [0.1, 0.15) is 0 Å². The molecule has 3 amide bonds. The van der Waals surface area contributed by atoms with Gasteiger partial charge in [-0.1, -0.05) is 18.2 Å². The Morgan fingerprint density at radius 3 is 2.33 bits per heavy atom. The lowest BCUT2D eigenvalue weighted by atomic mass is 10.3. The molecule has 0 radical (unpaired) electrons. The number of carbonyl (C=O) groups excluding carboxylic acids is 3. The van der Waals surface area contributed by atoms with Crippen molar-refractivity contribution in [1.29, 1.82) is 0 Å².